The van der Waals surface area contributed by atoms with Crippen LogP contribution in [0.25, 0.3) is 0 Å². The first kappa shape index (κ1) is 13.4. The highest BCUT2D eigenvalue weighted by Crippen LogP contribution is 2.40. The lowest BCUT2D eigenvalue weighted by Crippen LogP contribution is -2.62. The number of carbonyl (C=O) groups excluding carboxylic acids is 1. The molecule has 0 heterocycles. The molecular weight excluding hydrogens is 208 g/mol. The molecule has 0 spiro atoms. The van der Waals surface area contributed by atoms with Crippen LogP contribution in [0, 0.1) is 5.41 Å². The molecular formula is C11H22N2O3. The lowest BCUT2D eigenvalue weighted by atomic mass is 9.64. The molecule has 5 heteroatoms. The van der Waals surface area contributed by atoms with E-state index in [0.717, 1.165) is 0 Å². The van der Waals surface area contributed by atoms with Crippen LogP contribution in [0.2, 0.25) is 0 Å². The van der Waals surface area contributed by atoms with Gasteiger partial charge in [-0.2, -0.15) is 0 Å². The van der Waals surface area contributed by atoms with Gasteiger partial charge < -0.3 is 20.5 Å². The average molecular weight is 230 g/mol. The Morgan fingerprint density at radius 2 is 2.25 bits per heavy atom. The fraction of sp³-hybridized carbons (Fsp3) is 0.909. The third-order valence-electron chi connectivity index (χ3n) is 3.32. The molecule has 2 unspecified atom stereocenters. The van der Waals surface area contributed by atoms with Gasteiger partial charge in [0.05, 0.1) is 19.3 Å². The fourth-order valence-corrected chi connectivity index (χ4v) is 1.77. The van der Waals surface area contributed by atoms with Crippen molar-refractivity contribution in [1.82, 2.24) is 10.6 Å². The van der Waals surface area contributed by atoms with E-state index in [1.54, 1.807) is 7.11 Å². The van der Waals surface area contributed by atoms with Crippen LogP contribution < -0.4 is 10.6 Å². The Morgan fingerprint density at radius 3 is 2.75 bits per heavy atom. The number of carbonyl (C=O) groups is 1. The zero-order chi connectivity index (χ0) is 12.2. The summed E-state index contributed by atoms with van der Waals surface area (Å²) in [6.45, 7) is 5.49. The summed E-state index contributed by atoms with van der Waals surface area (Å²) in [6.07, 6.45) is 0.343. The maximum absolute atomic E-state index is 11.5. The molecule has 94 valence electrons. The van der Waals surface area contributed by atoms with Crippen molar-refractivity contribution in [3.05, 3.63) is 0 Å². The molecule has 1 saturated carbocycles. The molecule has 16 heavy (non-hydrogen) atoms. The van der Waals surface area contributed by atoms with Gasteiger partial charge in [0.2, 0.25) is 5.91 Å². The predicted molar refractivity (Wildman–Crippen MR) is 61.1 cm³/mol. The van der Waals surface area contributed by atoms with Crippen LogP contribution in [0.3, 0.4) is 0 Å². The molecule has 0 saturated heterocycles. The van der Waals surface area contributed by atoms with Crippen molar-refractivity contribution >= 4 is 5.91 Å². The van der Waals surface area contributed by atoms with E-state index < -0.39 is 0 Å². The Morgan fingerprint density at radius 1 is 1.56 bits per heavy atom. The number of amides is 1. The third kappa shape index (κ3) is 3.17. The second-order valence-corrected chi connectivity index (χ2v) is 4.86. The zero-order valence-electron chi connectivity index (χ0n) is 10.2. The van der Waals surface area contributed by atoms with Crippen molar-refractivity contribution in [3.63, 3.8) is 0 Å². The fourth-order valence-electron chi connectivity index (χ4n) is 1.77. The van der Waals surface area contributed by atoms with Crippen molar-refractivity contribution < 1.29 is 14.6 Å². The van der Waals surface area contributed by atoms with E-state index in [0.29, 0.717) is 26.1 Å². The van der Waals surface area contributed by atoms with Crippen LogP contribution in [0.5, 0.6) is 0 Å². The number of ether oxygens (including phenoxy) is 1. The smallest absolute Gasteiger partial charge is 0.234 e. The molecule has 2 atom stereocenters. The molecule has 0 aromatic carbocycles. The van der Waals surface area contributed by atoms with Crippen LogP contribution in [0.15, 0.2) is 0 Å². The van der Waals surface area contributed by atoms with E-state index >= 15 is 0 Å². The van der Waals surface area contributed by atoms with Gasteiger partial charge in [-0.15, -0.1) is 0 Å². The summed E-state index contributed by atoms with van der Waals surface area (Å²) in [7, 11) is 1.63. The number of hydrogen-bond donors (Lipinski definition) is 3. The monoisotopic (exact) mass is 230 g/mol. The maximum Gasteiger partial charge on any atom is 0.234 e. The summed E-state index contributed by atoms with van der Waals surface area (Å²) >= 11 is 0. The first-order chi connectivity index (χ1) is 7.48. The van der Waals surface area contributed by atoms with Gasteiger partial charge in [-0.25, -0.2) is 0 Å². The van der Waals surface area contributed by atoms with Gasteiger partial charge in [0, 0.05) is 25.1 Å². The highest BCUT2D eigenvalue weighted by Gasteiger charge is 2.47. The zero-order valence-corrected chi connectivity index (χ0v) is 10.2. The molecule has 0 radical (unpaired) electrons. The standard InChI is InChI=1S/C11H22N2O3/c1-11(2)8(6-9(11)14)13-10(15)7-12-4-5-16-3/h8-9,12,14H,4-7H2,1-3H3,(H,13,15). The van der Waals surface area contributed by atoms with Crippen LogP contribution >= 0.6 is 0 Å². The van der Waals surface area contributed by atoms with E-state index in [1.807, 2.05) is 13.8 Å². The lowest BCUT2D eigenvalue weighted by Gasteiger charge is -2.49. The highest BCUT2D eigenvalue weighted by molar-refractivity contribution is 5.78. The first-order valence-electron chi connectivity index (χ1n) is 5.65. The van der Waals surface area contributed by atoms with E-state index in [-0.39, 0.29) is 23.5 Å². The van der Waals surface area contributed by atoms with Gasteiger partial charge in [-0.05, 0) is 6.42 Å². The van der Waals surface area contributed by atoms with Gasteiger partial charge in [0.25, 0.3) is 0 Å². The Labute approximate surface area is 96.6 Å². The second-order valence-electron chi connectivity index (χ2n) is 4.86. The summed E-state index contributed by atoms with van der Waals surface area (Å²) in [5, 5.41) is 15.4. The van der Waals surface area contributed by atoms with Crippen molar-refractivity contribution in [1.29, 1.82) is 0 Å². The topological polar surface area (TPSA) is 70.6 Å². The molecule has 1 aliphatic carbocycles. The minimum absolute atomic E-state index is 0.0268. The Bertz CT molecular complexity index is 243. The normalized spacial score (nSPS) is 27.2. The van der Waals surface area contributed by atoms with Gasteiger partial charge in [0.15, 0.2) is 0 Å². The average Bonchev–Trinajstić information content (AvgIpc) is 2.24. The SMILES string of the molecule is COCCNCC(=O)NC1CC(O)C1(C)C. The molecule has 1 rings (SSSR count). The number of aliphatic hydroxyl groups excluding tert-OH is 1. The van der Waals surface area contributed by atoms with Crippen LogP contribution in [-0.2, 0) is 9.53 Å². The molecule has 3 N–H and O–H groups in total. The Balaban J connectivity index is 2.16. The summed E-state index contributed by atoms with van der Waals surface area (Å²) in [5.74, 6) is -0.0268. The van der Waals surface area contributed by atoms with Crippen molar-refractivity contribution in [2.24, 2.45) is 5.41 Å². The van der Waals surface area contributed by atoms with Crippen LogP contribution in [0.4, 0.5) is 0 Å². The molecule has 0 aromatic rings. The van der Waals surface area contributed by atoms with Crippen LogP contribution in [0.1, 0.15) is 20.3 Å². The predicted octanol–water partition coefficient (Wildman–Crippen LogP) is -0.502. The van der Waals surface area contributed by atoms with Gasteiger partial charge in [-0.1, -0.05) is 13.8 Å². The Kier molecular flexibility index (Phi) is 4.70. The third-order valence-corrected chi connectivity index (χ3v) is 3.32. The number of aliphatic hydroxyl groups is 1. The van der Waals surface area contributed by atoms with E-state index in [2.05, 4.69) is 10.6 Å². The van der Waals surface area contributed by atoms with Crippen LogP contribution in [-0.4, -0.2) is 50.0 Å². The lowest BCUT2D eigenvalue weighted by molar-refractivity contribution is -0.128. The van der Waals surface area contributed by atoms with E-state index in [1.165, 1.54) is 0 Å². The molecule has 1 amide bonds. The minimum atomic E-state index is -0.306. The molecule has 5 nitrogen and oxygen atoms in total. The molecule has 1 fully saturated rings. The number of methoxy groups -OCH3 is 1. The largest absolute Gasteiger partial charge is 0.392 e. The highest BCUT2D eigenvalue weighted by atomic mass is 16.5. The first-order valence-corrected chi connectivity index (χ1v) is 5.65. The number of rotatable bonds is 6. The van der Waals surface area contributed by atoms with E-state index in [9.17, 15) is 9.90 Å². The van der Waals surface area contributed by atoms with Gasteiger partial charge in [-0.3, -0.25) is 4.79 Å². The quantitative estimate of drug-likeness (QED) is 0.538. The van der Waals surface area contributed by atoms with Gasteiger partial charge in [0.1, 0.15) is 0 Å². The molecule has 0 bridgehead atoms. The minimum Gasteiger partial charge on any atom is -0.392 e. The number of hydrogen-bond acceptors (Lipinski definition) is 4. The maximum atomic E-state index is 11.5. The summed E-state index contributed by atoms with van der Waals surface area (Å²) < 4.78 is 4.86. The summed E-state index contributed by atoms with van der Waals surface area (Å²) in [6, 6.07) is 0.0826. The summed E-state index contributed by atoms with van der Waals surface area (Å²) in [4.78, 5) is 11.5. The second kappa shape index (κ2) is 5.61. The molecule has 0 aromatic heterocycles. The van der Waals surface area contributed by atoms with E-state index in [4.69, 9.17) is 4.74 Å². The van der Waals surface area contributed by atoms with Crippen molar-refractivity contribution in [2.75, 3.05) is 26.8 Å². The Hall–Kier alpha value is -0.650. The van der Waals surface area contributed by atoms with Gasteiger partial charge >= 0.3 is 0 Å². The molecule has 1 aliphatic rings. The van der Waals surface area contributed by atoms with Crippen molar-refractivity contribution in [3.8, 4) is 0 Å². The summed E-state index contributed by atoms with van der Waals surface area (Å²) in [5.41, 5.74) is -0.206. The van der Waals surface area contributed by atoms with Crippen molar-refractivity contribution in [2.45, 2.75) is 32.4 Å². The molecule has 0 aliphatic heterocycles. The number of nitrogens with one attached hydrogen (secondary N) is 2.